The normalized spacial score (nSPS) is 10.1. The summed E-state index contributed by atoms with van der Waals surface area (Å²) in [6.07, 6.45) is 3.41. The van der Waals surface area contributed by atoms with Crippen LogP contribution in [-0.4, -0.2) is 25.7 Å². The van der Waals surface area contributed by atoms with Gasteiger partial charge in [0.05, 0.1) is 6.61 Å². The lowest BCUT2D eigenvalue weighted by Crippen LogP contribution is -2.24. The Kier molecular flexibility index (Phi) is 7.57. The van der Waals surface area contributed by atoms with Crippen LogP contribution < -0.4 is 14.8 Å². The van der Waals surface area contributed by atoms with E-state index in [0.29, 0.717) is 25.3 Å². The molecule has 4 heteroatoms. The van der Waals surface area contributed by atoms with E-state index in [4.69, 9.17) is 9.47 Å². The minimum absolute atomic E-state index is 0.0756. The molecule has 0 radical (unpaired) electrons. The second-order valence-electron chi connectivity index (χ2n) is 5.52. The first-order valence-corrected chi connectivity index (χ1v) is 8.57. The summed E-state index contributed by atoms with van der Waals surface area (Å²) < 4.78 is 11.0. The fourth-order valence-corrected chi connectivity index (χ4v) is 2.45. The fraction of sp³-hybridized carbons (Fsp3) is 0.286. The van der Waals surface area contributed by atoms with Gasteiger partial charge in [0.15, 0.2) is 0 Å². The molecule has 2 aromatic rings. The molecule has 25 heavy (non-hydrogen) atoms. The molecule has 0 fully saturated rings. The van der Waals surface area contributed by atoms with Crippen LogP contribution in [0.5, 0.6) is 11.5 Å². The number of para-hydroxylation sites is 1. The zero-order valence-corrected chi connectivity index (χ0v) is 14.7. The zero-order chi connectivity index (χ0) is 17.9. The topological polar surface area (TPSA) is 47.6 Å². The molecule has 1 N–H and O–H groups in total. The molecule has 2 rings (SSSR count). The Labute approximate surface area is 149 Å². The van der Waals surface area contributed by atoms with Crippen LogP contribution in [0.1, 0.15) is 29.3 Å². The molecule has 0 aliphatic rings. The molecule has 0 aliphatic heterocycles. The molecule has 0 bridgehead atoms. The van der Waals surface area contributed by atoms with Crippen molar-refractivity contribution in [3.63, 3.8) is 0 Å². The van der Waals surface area contributed by atoms with E-state index in [2.05, 4.69) is 18.0 Å². The molecular weight excluding hydrogens is 314 g/mol. The average Bonchev–Trinajstić information content (AvgIpc) is 2.65. The Morgan fingerprint density at radius 1 is 1.12 bits per heavy atom. The minimum atomic E-state index is -0.0756. The predicted octanol–water partition coefficient (Wildman–Crippen LogP) is 4.01. The molecule has 4 nitrogen and oxygen atoms in total. The SMILES string of the molecule is C=CCOc1ccc(C(=O)NCCCc2ccccc2OCC)cc1. The van der Waals surface area contributed by atoms with Crippen LogP contribution in [0.15, 0.2) is 61.2 Å². The van der Waals surface area contributed by atoms with E-state index in [-0.39, 0.29) is 5.91 Å². The van der Waals surface area contributed by atoms with Gasteiger partial charge in [-0.15, -0.1) is 0 Å². The second kappa shape index (κ2) is 10.2. The number of amides is 1. The van der Waals surface area contributed by atoms with E-state index < -0.39 is 0 Å². The van der Waals surface area contributed by atoms with Gasteiger partial charge in [0.2, 0.25) is 0 Å². The lowest BCUT2D eigenvalue weighted by molar-refractivity contribution is 0.0953. The standard InChI is InChI=1S/C21H25NO3/c1-3-16-25-19-13-11-18(12-14-19)21(23)22-15-7-9-17-8-5-6-10-20(17)24-4-2/h3,5-6,8,10-14H,1,4,7,9,15-16H2,2H3,(H,22,23). The Morgan fingerprint density at radius 3 is 2.60 bits per heavy atom. The van der Waals surface area contributed by atoms with Gasteiger partial charge in [0.1, 0.15) is 18.1 Å². The second-order valence-corrected chi connectivity index (χ2v) is 5.52. The maximum atomic E-state index is 12.2. The van der Waals surface area contributed by atoms with Crippen LogP contribution in [0, 0.1) is 0 Å². The monoisotopic (exact) mass is 339 g/mol. The summed E-state index contributed by atoms with van der Waals surface area (Å²) >= 11 is 0. The van der Waals surface area contributed by atoms with Crippen molar-refractivity contribution in [1.29, 1.82) is 0 Å². The highest BCUT2D eigenvalue weighted by Crippen LogP contribution is 2.19. The molecule has 2 aromatic carbocycles. The predicted molar refractivity (Wildman–Crippen MR) is 100 cm³/mol. The van der Waals surface area contributed by atoms with Crippen LogP contribution in [0.25, 0.3) is 0 Å². The van der Waals surface area contributed by atoms with Gasteiger partial charge in [-0.25, -0.2) is 0 Å². The fourth-order valence-electron chi connectivity index (χ4n) is 2.45. The molecule has 0 atom stereocenters. The first kappa shape index (κ1) is 18.6. The lowest BCUT2D eigenvalue weighted by atomic mass is 10.1. The van der Waals surface area contributed by atoms with Crippen molar-refractivity contribution in [1.82, 2.24) is 5.32 Å². The molecule has 1 amide bonds. The highest BCUT2D eigenvalue weighted by Gasteiger charge is 2.06. The third-order valence-electron chi connectivity index (χ3n) is 3.67. The number of rotatable bonds is 10. The van der Waals surface area contributed by atoms with Crippen molar-refractivity contribution in [3.05, 3.63) is 72.3 Å². The maximum absolute atomic E-state index is 12.2. The van der Waals surface area contributed by atoms with Gasteiger partial charge >= 0.3 is 0 Å². The molecule has 0 spiro atoms. The third kappa shape index (κ3) is 5.99. The molecule has 0 aliphatic carbocycles. The van der Waals surface area contributed by atoms with Crippen LogP contribution in [-0.2, 0) is 6.42 Å². The number of nitrogens with one attached hydrogen (secondary N) is 1. The van der Waals surface area contributed by atoms with Gasteiger partial charge in [-0.2, -0.15) is 0 Å². The van der Waals surface area contributed by atoms with Crippen LogP contribution in [0.2, 0.25) is 0 Å². The highest BCUT2D eigenvalue weighted by atomic mass is 16.5. The first-order valence-electron chi connectivity index (χ1n) is 8.57. The van der Waals surface area contributed by atoms with E-state index in [1.165, 1.54) is 5.56 Å². The van der Waals surface area contributed by atoms with Crippen molar-refractivity contribution in [2.45, 2.75) is 19.8 Å². The molecule has 0 unspecified atom stereocenters. The Balaban J connectivity index is 1.78. The van der Waals surface area contributed by atoms with Crippen molar-refractivity contribution in [2.24, 2.45) is 0 Å². The van der Waals surface area contributed by atoms with Gasteiger partial charge in [-0.3, -0.25) is 4.79 Å². The number of hydrogen-bond acceptors (Lipinski definition) is 3. The summed E-state index contributed by atoms with van der Waals surface area (Å²) in [5.74, 6) is 1.57. The largest absolute Gasteiger partial charge is 0.494 e. The minimum Gasteiger partial charge on any atom is -0.494 e. The molecular formula is C21H25NO3. The van der Waals surface area contributed by atoms with Gasteiger partial charge in [-0.05, 0) is 55.7 Å². The number of carbonyl (C=O) groups excluding carboxylic acids is 1. The van der Waals surface area contributed by atoms with Gasteiger partial charge < -0.3 is 14.8 Å². The van der Waals surface area contributed by atoms with Gasteiger partial charge in [-0.1, -0.05) is 30.9 Å². The summed E-state index contributed by atoms with van der Waals surface area (Å²) in [7, 11) is 0. The molecule has 132 valence electrons. The molecule has 0 saturated carbocycles. The number of aryl methyl sites for hydroxylation is 1. The van der Waals surface area contributed by atoms with E-state index in [9.17, 15) is 4.79 Å². The van der Waals surface area contributed by atoms with E-state index in [1.807, 2.05) is 25.1 Å². The highest BCUT2D eigenvalue weighted by molar-refractivity contribution is 5.94. The van der Waals surface area contributed by atoms with Gasteiger partial charge in [0, 0.05) is 12.1 Å². The summed E-state index contributed by atoms with van der Waals surface area (Å²) in [4.78, 5) is 12.2. The zero-order valence-electron chi connectivity index (χ0n) is 14.7. The van der Waals surface area contributed by atoms with Gasteiger partial charge in [0.25, 0.3) is 5.91 Å². The number of benzene rings is 2. The first-order chi connectivity index (χ1) is 12.2. The van der Waals surface area contributed by atoms with E-state index in [0.717, 1.165) is 24.3 Å². The van der Waals surface area contributed by atoms with Crippen molar-refractivity contribution in [2.75, 3.05) is 19.8 Å². The summed E-state index contributed by atoms with van der Waals surface area (Å²) in [5.41, 5.74) is 1.79. The quantitative estimate of drug-likeness (QED) is 0.525. The number of carbonyl (C=O) groups is 1. The summed E-state index contributed by atoms with van der Waals surface area (Å²) in [6.45, 7) is 7.31. The van der Waals surface area contributed by atoms with Crippen LogP contribution in [0.4, 0.5) is 0 Å². The Bertz CT molecular complexity index is 680. The van der Waals surface area contributed by atoms with E-state index >= 15 is 0 Å². The van der Waals surface area contributed by atoms with Crippen LogP contribution in [0.3, 0.4) is 0 Å². The average molecular weight is 339 g/mol. The van der Waals surface area contributed by atoms with Crippen molar-refractivity contribution < 1.29 is 14.3 Å². The number of hydrogen-bond donors (Lipinski definition) is 1. The maximum Gasteiger partial charge on any atom is 0.251 e. The number of ether oxygens (including phenoxy) is 2. The smallest absolute Gasteiger partial charge is 0.251 e. The summed E-state index contributed by atoms with van der Waals surface area (Å²) in [5, 5.41) is 2.95. The summed E-state index contributed by atoms with van der Waals surface area (Å²) in [6, 6.07) is 15.1. The molecule has 0 saturated heterocycles. The molecule has 0 heterocycles. The lowest BCUT2D eigenvalue weighted by Gasteiger charge is -2.10. The van der Waals surface area contributed by atoms with E-state index in [1.54, 1.807) is 30.3 Å². The van der Waals surface area contributed by atoms with Crippen molar-refractivity contribution in [3.8, 4) is 11.5 Å². The van der Waals surface area contributed by atoms with Crippen LogP contribution >= 0.6 is 0 Å². The Hall–Kier alpha value is -2.75. The third-order valence-corrected chi connectivity index (χ3v) is 3.67. The van der Waals surface area contributed by atoms with Crippen molar-refractivity contribution >= 4 is 5.91 Å². The Morgan fingerprint density at radius 2 is 1.88 bits per heavy atom. The molecule has 0 aromatic heterocycles.